The molecule has 0 fully saturated rings. The first-order valence-corrected chi connectivity index (χ1v) is 6.39. The first-order chi connectivity index (χ1) is 8.61. The van der Waals surface area contributed by atoms with Crippen LogP contribution in [0.5, 0.6) is 5.75 Å². The summed E-state index contributed by atoms with van der Waals surface area (Å²) < 4.78 is 9.09. The third-order valence-corrected chi connectivity index (χ3v) is 3.59. The van der Waals surface area contributed by atoms with Crippen LogP contribution in [0.3, 0.4) is 0 Å². The number of benzene rings is 1. The number of nitrogens with zero attached hydrogens (tertiary/aromatic N) is 4. The SMILES string of the molecule is COc1cc(C)c(CN(C)c2nnns2)cc1C. The Hall–Kier alpha value is -1.69. The van der Waals surface area contributed by atoms with Crippen LogP contribution < -0.4 is 9.64 Å². The van der Waals surface area contributed by atoms with E-state index >= 15 is 0 Å². The standard InChI is InChI=1S/C12H16N4OS/c1-8-6-11(17-4)9(2)5-10(8)7-16(3)12-13-14-15-18-12/h5-6H,7H2,1-4H3. The molecule has 5 nitrogen and oxygen atoms in total. The van der Waals surface area contributed by atoms with Crippen molar-refractivity contribution < 1.29 is 4.74 Å². The van der Waals surface area contributed by atoms with Gasteiger partial charge in [0, 0.05) is 25.1 Å². The Morgan fingerprint density at radius 2 is 2.06 bits per heavy atom. The Labute approximate surface area is 111 Å². The lowest BCUT2D eigenvalue weighted by Crippen LogP contribution is -2.17. The molecule has 1 aromatic carbocycles. The number of aromatic nitrogens is 3. The van der Waals surface area contributed by atoms with Crippen LogP contribution >= 0.6 is 11.5 Å². The van der Waals surface area contributed by atoms with Crippen molar-refractivity contribution in [3.05, 3.63) is 28.8 Å². The van der Waals surface area contributed by atoms with Gasteiger partial charge in [0.2, 0.25) is 5.13 Å². The van der Waals surface area contributed by atoms with Crippen LogP contribution in [0.15, 0.2) is 12.1 Å². The fraction of sp³-hybridized carbons (Fsp3) is 0.417. The predicted octanol–water partition coefficient (Wildman–Crippen LogP) is 2.19. The van der Waals surface area contributed by atoms with Crippen molar-refractivity contribution in [1.82, 2.24) is 14.8 Å². The fourth-order valence-corrected chi connectivity index (χ4v) is 2.26. The molecular weight excluding hydrogens is 248 g/mol. The number of hydrogen-bond acceptors (Lipinski definition) is 6. The van der Waals surface area contributed by atoms with Crippen molar-refractivity contribution in [2.75, 3.05) is 19.1 Å². The summed E-state index contributed by atoms with van der Waals surface area (Å²) in [5.41, 5.74) is 3.61. The normalized spacial score (nSPS) is 10.4. The zero-order valence-electron chi connectivity index (χ0n) is 11.0. The zero-order chi connectivity index (χ0) is 13.1. The van der Waals surface area contributed by atoms with Gasteiger partial charge in [-0.25, -0.2) is 0 Å². The molecule has 0 saturated heterocycles. The minimum Gasteiger partial charge on any atom is -0.496 e. The van der Waals surface area contributed by atoms with Gasteiger partial charge in [-0.15, -0.1) is 0 Å². The maximum absolute atomic E-state index is 5.31. The molecule has 0 aliphatic heterocycles. The first-order valence-electron chi connectivity index (χ1n) is 5.62. The van der Waals surface area contributed by atoms with Crippen LogP contribution in [-0.4, -0.2) is 29.0 Å². The molecule has 0 aliphatic rings. The van der Waals surface area contributed by atoms with Gasteiger partial charge >= 0.3 is 0 Å². The van der Waals surface area contributed by atoms with Crippen LogP contribution in [0.4, 0.5) is 5.13 Å². The van der Waals surface area contributed by atoms with Gasteiger partial charge in [0.25, 0.3) is 0 Å². The van der Waals surface area contributed by atoms with Gasteiger partial charge in [0.15, 0.2) is 0 Å². The Morgan fingerprint density at radius 1 is 1.28 bits per heavy atom. The van der Waals surface area contributed by atoms with E-state index in [1.165, 1.54) is 22.7 Å². The Kier molecular flexibility index (Phi) is 3.76. The van der Waals surface area contributed by atoms with Crippen molar-refractivity contribution in [3.8, 4) is 5.75 Å². The van der Waals surface area contributed by atoms with Gasteiger partial charge in [-0.2, -0.15) is 0 Å². The molecule has 0 bridgehead atoms. The van der Waals surface area contributed by atoms with Crippen molar-refractivity contribution in [2.45, 2.75) is 20.4 Å². The highest BCUT2D eigenvalue weighted by atomic mass is 32.1. The topological polar surface area (TPSA) is 51.1 Å². The molecule has 1 aromatic heterocycles. The minimum absolute atomic E-state index is 0.785. The Balaban J connectivity index is 2.22. The van der Waals surface area contributed by atoms with Gasteiger partial charge in [0.1, 0.15) is 5.75 Å². The molecule has 0 spiro atoms. The summed E-state index contributed by atoms with van der Waals surface area (Å²) >= 11 is 1.30. The first kappa shape index (κ1) is 12.8. The zero-order valence-corrected chi connectivity index (χ0v) is 11.8. The lowest BCUT2D eigenvalue weighted by Gasteiger charge is -2.17. The minimum atomic E-state index is 0.785. The molecule has 0 saturated carbocycles. The van der Waals surface area contributed by atoms with Crippen molar-refractivity contribution in [3.63, 3.8) is 0 Å². The highest BCUT2D eigenvalue weighted by Gasteiger charge is 2.10. The molecule has 0 aliphatic carbocycles. The monoisotopic (exact) mass is 264 g/mol. The van der Waals surface area contributed by atoms with Gasteiger partial charge in [0.05, 0.1) is 7.11 Å². The molecule has 18 heavy (non-hydrogen) atoms. The number of hydrogen-bond donors (Lipinski definition) is 0. The van der Waals surface area contributed by atoms with Gasteiger partial charge in [-0.05, 0) is 41.8 Å². The highest BCUT2D eigenvalue weighted by molar-refractivity contribution is 7.09. The maximum Gasteiger partial charge on any atom is 0.227 e. The molecule has 96 valence electrons. The van der Waals surface area contributed by atoms with Gasteiger partial charge < -0.3 is 9.64 Å². The predicted molar refractivity (Wildman–Crippen MR) is 72.3 cm³/mol. The lowest BCUT2D eigenvalue weighted by molar-refractivity contribution is 0.411. The summed E-state index contributed by atoms with van der Waals surface area (Å²) in [6.07, 6.45) is 0. The molecule has 0 atom stereocenters. The summed E-state index contributed by atoms with van der Waals surface area (Å²) in [5, 5.41) is 8.39. The van der Waals surface area contributed by atoms with E-state index in [1.54, 1.807) is 7.11 Å². The molecule has 2 aromatic rings. The molecule has 0 radical (unpaired) electrons. The van der Waals surface area contributed by atoms with Crippen molar-refractivity contribution >= 4 is 16.7 Å². The number of aryl methyl sites for hydroxylation is 2. The third kappa shape index (κ3) is 2.59. The average Bonchev–Trinajstić information content (AvgIpc) is 2.87. The highest BCUT2D eigenvalue weighted by Crippen LogP contribution is 2.24. The fourth-order valence-electron chi connectivity index (χ4n) is 1.84. The van der Waals surface area contributed by atoms with E-state index in [1.807, 2.05) is 18.9 Å². The van der Waals surface area contributed by atoms with E-state index in [0.717, 1.165) is 23.0 Å². The van der Waals surface area contributed by atoms with E-state index in [-0.39, 0.29) is 0 Å². The number of anilines is 1. The summed E-state index contributed by atoms with van der Waals surface area (Å²) in [6, 6.07) is 4.22. The second kappa shape index (κ2) is 5.30. The molecule has 2 rings (SSSR count). The van der Waals surface area contributed by atoms with E-state index < -0.39 is 0 Å². The van der Waals surface area contributed by atoms with Gasteiger partial charge in [-0.3, -0.25) is 0 Å². The lowest BCUT2D eigenvalue weighted by atomic mass is 10.0. The summed E-state index contributed by atoms with van der Waals surface area (Å²) in [4.78, 5) is 2.04. The van der Waals surface area contributed by atoms with E-state index in [2.05, 4.69) is 33.9 Å². The van der Waals surface area contributed by atoms with Crippen molar-refractivity contribution in [1.29, 1.82) is 0 Å². The number of rotatable bonds is 4. The molecule has 6 heteroatoms. The third-order valence-electron chi connectivity index (χ3n) is 2.88. The van der Waals surface area contributed by atoms with Crippen LogP contribution in [0.2, 0.25) is 0 Å². The van der Waals surface area contributed by atoms with Crippen LogP contribution in [0.1, 0.15) is 16.7 Å². The van der Waals surface area contributed by atoms with Crippen LogP contribution in [-0.2, 0) is 6.54 Å². The molecule has 0 amide bonds. The van der Waals surface area contributed by atoms with Crippen molar-refractivity contribution in [2.24, 2.45) is 0 Å². The smallest absolute Gasteiger partial charge is 0.227 e. The molecule has 1 heterocycles. The molecule has 0 N–H and O–H groups in total. The van der Waals surface area contributed by atoms with Crippen LogP contribution in [0.25, 0.3) is 0 Å². The van der Waals surface area contributed by atoms with Gasteiger partial charge in [-0.1, -0.05) is 15.7 Å². The number of methoxy groups -OCH3 is 1. The van der Waals surface area contributed by atoms with E-state index in [0.29, 0.717) is 0 Å². The number of ether oxygens (including phenoxy) is 1. The quantitative estimate of drug-likeness (QED) is 0.847. The van der Waals surface area contributed by atoms with Crippen LogP contribution in [0, 0.1) is 13.8 Å². The average molecular weight is 264 g/mol. The van der Waals surface area contributed by atoms with E-state index in [4.69, 9.17) is 4.74 Å². The summed E-state index contributed by atoms with van der Waals surface area (Å²) in [6.45, 7) is 4.92. The Morgan fingerprint density at radius 3 is 2.67 bits per heavy atom. The maximum atomic E-state index is 5.31. The molecular formula is C12H16N4OS. The largest absolute Gasteiger partial charge is 0.496 e. The molecule has 0 unspecified atom stereocenters. The summed E-state index contributed by atoms with van der Waals surface area (Å²) in [7, 11) is 3.68. The summed E-state index contributed by atoms with van der Waals surface area (Å²) in [5.74, 6) is 0.927. The second-order valence-electron chi connectivity index (χ2n) is 4.25. The second-order valence-corrected chi connectivity index (χ2v) is 4.96. The van der Waals surface area contributed by atoms with E-state index in [9.17, 15) is 0 Å². The Bertz CT molecular complexity index is 527.